The summed E-state index contributed by atoms with van der Waals surface area (Å²) in [5.74, 6) is 0.391. The van der Waals surface area contributed by atoms with E-state index in [1.54, 1.807) is 52.0 Å². The highest BCUT2D eigenvalue weighted by atomic mass is 31.2. The van der Waals surface area contributed by atoms with Gasteiger partial charge in [-0.2, -0.15) is 0 Å². The van der Waals surface area contributed by atoms with E-state index >= 15 is 0 Å². The van der Waals surface area contributed by atoms with E-state index in [4.69, 9.17) is 18.1 Å². The Hall–Kier alpha value is -0.640. The summed E-state index contributed by atoms with van der Waals surface area (Å²) < 4.78 is 48.2. The molecule has 0 saturated heterocycles. The average Bonchev–Trinajstić information content (AvgIpc) is 2.49. The largest absolute Gasteiger partial charge is 0.424 e. The number of rotatable bonds is 11. The Morgan fingerprint density at radius 1 is 0.826 bits per heavy atom. The van der Waals surface area contributed by atoms with Crippen molar-refractivity contribution in [3.8, 4) is 5.75 Å². The standard InChI is InChI=1S/C15H26O6P2/c1-5-15(22(16,18-6-2)19-7-3)23(17,20-8-4)21-14-12-10-9-11-13-14/h9-13,15H,5-8H2,1-4H3. The van der Waals surface area contributed by atoms with Crippen molar-refractivity contribution in [3.05, 3.63) is 30.3 Å². The highest BCUT2D eigenvalue weighted by molar-refractivity contribution is 7.72. The van der Waals surface area contributed by atoms with E-state index in [9.17, 15) is 9.13 Å². The molecule has 0 N–H and O–H groups in total. The summed E-state index contributed by atoms with van der Waals surface area (Å²) in [6.07, 6.45) is 0.279. The molecule has 132 valence electrons. The highest BCUT2D eigenvalue weighted by Gasteiger charge is 2.50. The lowest BCUT2D eigenvalue weighted by molar-refractivity contribution is 0.209. The maximum absolute atomic E-state index is 13.3. The minimum atomic E-state index is -3.75. The maximum Gasteiger partial charge on any atom is 0.394 e. The molecule has 0 aliphatic rings. The SMILES string of the molecule is CCOP(=O)(OCC)C(CC)P(=O)(OCC)Oc1ccccc1. The summed E-state index contributed by atoms with van der Waals surface area (Å²) in [5.41, 5.74) is 0. The van der Waals surface area contributed by atoms with Gasteiger partial charge in [0.15, 0.2) is 5.40 Å². The van der Waals surface area contributed by atoms with E-state index in [0.29, 0.717) is 5.75 Å². The minimum Gasteiger partial charge on any atom is -0.424 e. The third-order valence-electron chi connectivity index (χ3n) is 3.00. The Morgan fingerprint density at radius 3 is 1.74 bits per heavy atom. The lowest BCUT2D eigenvalue weighted by Crippen LogP contribution is -2.18. The van der Waals surface area contributed by atoms with E-state index < -0.39 is 20.6 Å². The van der Waals surface area contributed by atoms with Crippen LogP contribution >= 0.6 is 15.2 Å². The fourth-order valence-corrected chi connectivity index (χ4v) is 7.45. The lowest BCUT2D eigenvalue weighted by atomic mass is 10.3. The molecule has 0 spiro atoms. The molecule has 0 aliphatic carbocycles. The Balaban J connectivity index is 3.21. The van der Waals surface area contributed by atoms with Gasteiger partial charge < -0.3 is 13.6 Å². The molecule has 8 heteroatoms. The van der Waals surface area contributed by atoms with Gasteiger partial charge >= 0.3 is 15.2 Å². The molecule has 0 amide bonds. The predicted octanol–water partition coefficient (Wildman–Crippen LogP) is 5.30. The molecule has 6 nitrogen and oxygen atoms in total. The van der Waals surface area contributed by atoms with Crippen LogP contribution in [0, 0.1) is 0 Å². The number of hydrogen-bond donors (Lipinski definition) is 0. The number of para-hydroxylation sites is 1. The van der Waals surface area contributed by atoms with Crippen molar-refractivity contribution in [3.63, 3.8) is 0 Å². The van der Waals surface area contributed by atoms with Crippen LogP contribution in [0.2, 0.25) is 0 Å². The lowest BCUT2D eigenvalue weighted by Gasteiger charge is -2.30. The summed E-state index contributed by atoms with van der Waals surface area (Å²) >= 11 is 0. The van der Waals surface area contributed by atoms with E-state index in [1.165, 1.54) is 0 Å². The minimum absolute atomic E-state index is 0.166. The first-order chi connectivity index (χ1) is 11.0. The van der Waals surface area contributed by atoms with Crippen LogP contribution in [0.4, 0.5) is 0 Å². The monoisotopic (exact) mass is 364 g/mol. The highest BCUT2D eigenvalue weighted by Crippen LogP contribution is 2.70. The summed E-state index contributed by atoms with van der Waals surface area (Å²) in [5, 5.41) is -0.977. The van der Waals surface area contributed by atoms with Gasteiger partial charge in [-0.05, 0) is 39.3 Å². The van der Waals surface area contributed by atoms with Crippen molar-refractivity contribution in [1.82, 2.24) is 0 Å². The average molecular weight is 364 g/mol. The first-order valence-corrected chi connectivity index (χ1v) is 11.1. The van der Waals surface area contributed by atoms with Crippen LogP contribution < -0.4 is 4.52 Å². The van der Waals surface area contributed by atoms with Crippen molar-refractivity contribution in [2.75, 3.05) is 19.8 Å². The number of hydrogen-bond acceptors (Lipinski definition) is 6. The second-order valence-corrected chi connectivity index (χ2v) is 9.40. The van der Waals surface area contributed by atoms with Crippen LogP contribution in [-0.2, 0) is 22.7 Å². The van der Waals surface area contributed by atoms with Gasteiger partial charge in [-0.1, -0.05) is 25.1 Å². The first kappa shape index (κ1) is 20.4. The van der Waals surface area contributed by atoms with Gasteiger partial charge in [0.2, 0.25) is 0 Å². The van der Waals surface area contributed by atoms with Gasteiger partial charge in [0.1, 0.15) is 5.75 Å². The van der Waals surface area contributed by atoms with Crippen LogP contribution in [0.5, 0.6) is 5.75 Å². The second-order valence-electron chi connectivity index (χ2n) is 4.63. The molecule has 0 aliphatic heterocycles. The Labute approximate surface area is 138 Å². The second kappa shape index (κ2) is 9.61. The molecule has 0 fully saturated rings. The molecule has 1 aromatic rings. The smallest absolute Gasteiger partial charge is 0.394 e. The molecule has 23 heavy (non-hydrogen) atoms. The molecule has 0 aromatic heterocycles. The molecule has 0 radical (unpaired) electrons. The van der Waals surface area contributed by atoms with E-state index in [2.05, 4.69) is 0 Å². The Kier molecular flexibility index (Phi) is 8.52. The summed E-state index contributed by atoms with van der Waals surface area (Å²) in [6, 6.07) is 8.69. The summed E-state index contributed by atoms with van der Waals surface area (Å²) in [6.45, 7) is 7.43. The van der Waals surface area contributed by atoms with Crippen LogP contribution in [0.1, 0.15) is 34.1 Å². The van der Waals surface area contributed by atoms with E-state index in [1.807, 2.05) is 6.07 Å². The van der Waals surface area contributed by atoms with Gasteiger partial charge in [0.05, 0.1) is 19.8 Å². The van der Waals surface area contributed by atoms with Crippen molar-refractivity contribution in [1.29, 1.82) is 0 Å². The zero-order chi connectivity index (χ0) is 17.3. The molecule has 1 aromatic carbocycles. The molecule has 0 heterocycles. The van der Waals surface area contributed by atoms with Crippen LogP contribution in [0.15, 0.2) is 30.3 Å². The molecule has 2 unspecified atom stereocenters. The van der Waals surface area contributed by atoms with Crippen LogP contribution in [0.3, 0.4) is 0 Å². The van der Waals surface area contributed by atoms with Gasteiger partial charge in [0, 0.05) is 0 Å². The van der Waals surface area contributed by atoms with Gasteiger partial charge in [0.25, 0.3) is 0 Å². The number of benzene rings is 1. The van der Waals surface area contributed by atoms with E-state index in [-0.39, 0.29) is 26.2 Å². The van der Waals surface area contributed by atoms with Crippen molar-refractivity contribution >= 4 is 15.2 Å². The van der Waals surface area contributed by atoms with E-state index in [0.717, 1.165) is 0 Å². The third-order valence-corrected chi connectivity index (χ3v) is 9.21. The maximum atomic E-state index is 13.3. The molecular weight excluding hydrogens is 338 g/mol. The third kappa shape index (κ3) is 5.44. The van der Waals surface area contributed by atoms with Crippen LogP contribution in [0.25, 0.3) is 0 Å². The fraction of sp³-hybridized carbons (Fsp3) is 0.600. The van der Waals surface area contributed by atoms with Crippen molar-refractivity contribution in [2.24, 2.45) is 0 Å². The van der Waals surface area contributed by atoms with Gasteiger partial charge in [-0.15, -0.1) is 0 Å². The Morgan fingerprint density at radius 2 is 1.30 bits per heavy atom. The molecular formula is C15H26O6P2. The van der Waals surface area contributed by atoms with Gasteiger partial charge in [-0.3, -0.25) is 9.09 Å². The normalized spacial score (nSPS) is 15.8. The summed E-state index contributed by atoms with van der Waals surface area (Å²) in [7, 11) is -7.38. The van der Waals surface area contributed by atoms with Gasteiger partial charge in [-0.25, -0.2) is 4.57 Å². The Bertz CT molecular complexity index is 538. The zero-order valence-electron chi connectivity index (χ0n) is 14.1. The molecule has 0 saturated carbocycles. The molecule has 2 atom stereocenters. The fourth-order valence-electron chi connectivity index (χ4n) is 2.17. The zero-order valence-corrected chi connectivity index (χ0v) is 15.9. The topological polar surface area (TPSA) is 71.1 Å². The predicted molar refractivity (Wildman–Crippen MR) is 91.2 cm³/mol. The van der Waals surface area contributed by atoms with Crippen molar-refractivity contribution in [2.45, 2.75) is 39.5 Å². The molecule has 0 bridgehead atoms. The van der Waals surface area contributed by atoms with Crippen LogP contribution in [-0.4, -0.2) is 25.2 Å². The quantitative estimate of drug-likeness (QED) is 0.496. The molecule has 1 rings (SSSR count). The summed E-state index contributed by atoms with van der Waals surface area (Å²) in [4.78, 5) is 0. The first-order valence-electron chi connectivity index (χ1n) is 7.83. The van der Waals surface area contributed by atoms with Crippen molar-refractivity contribution < 1.29 is 27.2 Å².